The Labute approximate surface area is 171 Å². The maximum absolute atomic E-state index is 13.2. The van der Waals surface area contributed by atoms with Crippen LogP contribution in [0.2, 0.25) is 0 Å². The minimum absolute atomic E-state index is 0.108. The molecule has 2 N–H and O–H groups in total. The SMILES string of the molecule is CC(C)(C)c1ccc(CCNC(=O)N2CCNC(=O)C2c2ccc(F)cc2)cc1. The molecular formula is C23H28FN3O2. The summed E-state index contributed by atoms with van der Waals surface area (Å²) in [4.78, 5) is 26.6. The number of nitrogens with zero attached hydrogens (tertiary/aromatic N) is 1. The minimum Gasteiger partial charge on any atom is -0.352 e. The number of benzene rings is 2. The van der Waals surface area contributed by atoms with Crippen LogP contribution in [0.4, 0.5) is 9.18 Å². The Hall–Kier alpha value is -2.89. The Morgan fingerprint density at radius 1 is 1.14 bits per heavy atom. The Bertz CT molecular complexity index is 857. The lowest BCUT2D eigenvalue weighted by molar-refractivity contribution is -0.127. The molecule has 1 unspecified atom stereocenters. The van der Waals surface area contributed by atoms with Gasteiger partial charge in [-0.15, -0.1) is 0 Å². The normalized spacial score (nSPS) is 17.0. The van der Waals surface area contributed by atoms with Crippen LogP contribution in [-0.4, -0.2) is 36.5 Å². The second kappa shape index (κ2) is 8.64. The van der Waals surface area contributed by atoms with Crippen molar-refractivity contribution in [1.29, 1.82) is 0 Å². The standard InChI is InChI=1S/C23H28FN3O2/c1-23(2,3)18-8-4-16(5-9-18)12-13-26-22(29)27-15-14-25-21(28)20(27)17-6-10-19(24)11-7-17/h4-11,20H,12-15H2,1-3H3,(H,25,28)(H,26,29). The number of urea groups is 1. The van der Waals surface area contributed by atoms with Gasteiger partial charge in [0.05, 0.1) is 0 Å². The number of rotatable bonds is 4. The van der Waals surface area contributed by atoms with Crippen molar-refractivity contribution in [2.24, 2.45) is 0 Å². The zero-order valence-corrected chi connectivity index (χ0v) is 17.2. The number of amides is 3. The zero-order chi connectivity index (χ0) is 21.0. The number of hydrogen-bond acceptors (Lipinski definition) is 2. The molecule has 154 valence electrons. The Morgan fingerprint density at radius 2 is 1.79 bits per heavy atom. The molecule has 0 aliphatic carbocycles. The maximum atomic E-state index is 13.2. The summed E-state index contributed by atoms with van der Waals surface area (Å²) in [5, 5.41) is 5.69. The molecule has 0 aromatic heterocycles. The predicted octanol–water partition coefficient (Wildman–Crippen LogP) is 3.55. The minimum atomic E-state index is -0.754. The molecule has 2 aromatic rings. The van der Waals surface area contributed by atoms with Crippen molar-refractivity contribution in [3.63, 3.8) is 0 Å². The number of halogens is 1. The van der Waals surface area contributed by atoms with Gasteiger partial charge in [0.15, 0.2) is 0 Å². The highest BCUT2D eigenvalue weighted by Gasteiger charge is 2.34. The summed E-state index contributed by atoms with van der Waals surface area (Å²) in [6.07, 6.45) is 0.706. The molecule has 6 heteroatoms. The highest BCUT2D eigenvalue weighted by atomic mass is 19.1. The van der Waals surface area contributed by atoms with E-state index in [-0.39, 0.29) is 23.2 Å². The van der Waals surface area contributed by atoms with Gasteiger partial charge in [-0.3, -0.25) is 4.79 Å². The summed E-state index contributed by atoms with van der Waals surface area (Å²) in [6, 6.07) is 13.1. The van der Waals surface area contributed by atoms with Crippen LogP contribution in [0.15, 0.2) is 48.5 Å². The summed E-state index contributed by atoms with van der Waals surface area (Å²) in [7, 11) is 0. The molecule has 2 aromatic carbocycles. The molecule has 1 fully saturated rings. The predicted molar refractivity (Wildman–Crippen MR) is 111 cm³/mol. The van der Waals surface area contributed by atoms with Crippen molar-refractivity contribution in [2.75, 3.05) is 19.6 Å². The van der Waals surface area contributed by atoms with E-state index in [0.29, 0.717) is 31.6 Å². The molecule has 0 saturated carbocycles. The molecule has 1 saturated heterocycles. The van der Waals surface area contributed by atoms with Crippen LogP contribution in [0.1, 0.15) is 43.5 Å². The highest BCUT2D eigenvalue weighted by Crippen LogP contribution is 2.24. The van der Waals surface area contributed by atoms with Gasteiger partial charge in [-0.1, -0.05) is 57.2 Å². The molecule has 29 heavy (non-hydrogen) atoms. The fourth-order valence-corrected chi connectivity index (χ4v) is 3.45. The van der Waals surface area contributed by atoms with Crippen LogP contribution in [0.5, 0.6) is 0 Å². The maximum Gasteiger partial charge on any atom is 0.318 e. The molecule has 1 aliphatic heterocycles. The average Bonchev–Trinajstić information content (AvgIpc) is 2.68. The summed E-state index contributed by atoms with van der Waals surface area (Å²) in [5.41, 5.74) is 3.12. The van der Waals surface area contributed by atoms with Crippen molar-refractivity contribution in [1.82, 2.24) is 15.5 Å². The van der Waals surface area contributed by atoms with Crippen LogP contribution in [0.3, 0.4) is 0 Å². The average molecular weight is 397 g/mol. The first-order chi connectivity index (χ1) is 13.8. The third kappa shape index (κ3) is 5.13. The molecule has 1 aliphatic rings. The van der Waals surface area contributed by atoms with Gasteiger partial charge in [-0.25, -0.2) is 9.18 Å². The number of piperazine rings is 1. The lowest BCUT2D eigenvalue weighted by Gasteiger charge is -2.35. The van der Waals surface area contributed by atoms with E-state index in [1.54, 1.807) is 12.1 Å². The van der Waals surface area contributed by atoms with E-state index in [9.17, 15) is 14.0 Å². The van der Waals surface area contributed by atoms with Crippen molar-refractivity contribution < 1.29 is 14.0 Å². The Morgan fingerprint density at radius 3 is 2.41 bits per heavy atom. The van der Waals surface area contributed by atoms with Gasteiger partial charge in [-0.2, -0.15) is 0 Å². The molecule has 5 nitrogen and oxygen atoms in total. The number of nitrogens with one attached hydrogen (secondary N) is 2. The van der Waals surface area contributed by atoms with Crippen molar-refractivity contribution in [3.8, 4) is 0 Å². The Kier molecular flexibility index (Phi) is 6.20. The van der Waals surface area contributed by atoms with Crippen LogP contribution in [0, 0.1) is 5.82 Å². The fourth-order valence-electron chi connectivity index (χ4n) is 3.45. The van der Waals surface area contributed by atoms with Crippen LogP contribution >= 0.6 is 0 Å². The molecular weight excluding hydrogens is 369 g/mol. The topological polar surface area (TPSA) is 61.4 Å². The third-order valence-corrected chi connectivity index (χ3v) is 5.17. The number of carbonyl (C=O) groups excluding carboxylic acids is 2. The molecule has 0 bridgehead atoms. The van der Waals surface area contributed by atoms with Crippen LogP contribution in [0.25, 0.3) is 0 Å². The van der Waals surface area contributed by atoms with Gasteiger partial charge in [0, 0.05) is 19.6 Å². The second-order valence-electron chi connectivity index (χ2n) is 8.37. The van der Waals surface area contributed by atoms with E-state index in [1.165, 1.54) is 22.6 Å². The van der Waals surface area contributed by atoms with E-state index >= 15 is 0 Å². The molecule has 1 heterocycles. The summed E-state index contributed by atoms with van der Waals surface area (Å²) < 4.78 is 13.2. The Balaban J connectivity index is 1.61. The van der Waals surface area contributed by atoms with Gasteiger partial charge in [0.25, 0.3) is 0 Å². The molecule has 0 spiro atoms. The van der Waals surface area contributed by atoms with Crippen LogP contribution in [-0.2, 0) is 16.6 Å². The summed E-state index contributed by atoms with van der Waals surface area (Å²) in [5.74, 6) is -0.630. The number of hydrogen-bond donors (Lipinski definition) is 2. The number of carbonyl (C=O) groups is 2. The lowest BCUT2D eigenvalue weighted by atomic mass is 9.86. The van der Waals surface area contributed by atoms with Gasteiger partial charge < -0.3 is 15.5 Å². The summed E-state index contributed by atoms with van der Waals surface area (Å²) >= 11 is 0. The third-order valence-electron chi connectivity index (χ3n) is 5.17. The van der Waals surface area contributed by atoms with Crippen molar-refractivity contribution in [2.45, 2.75) is 38.6 Å². The van der Waals surface area contributed by atoms with E-state index in [1.807, 2.05) is 0 Å². The van der Waals surface area contributed by atoms with Gasteiger partial charge in [0.2, 0.25) is 5.91 Å². The highest BCUT2D eigenvalue weighted by molar-refractivity contribution is 5.89. The van der Waals surface area contributed by atoms with Crippen molar-refractivity contribution >= 4 is 11.9 Å². The fraction of sp³-hybridized carbons (Fsp3) is 0.391. The van der Waals surface area contributed by atoms with E-state index in [0.717, 1.165) is 5.56 Å². The van der Waals surface area contributed by atoms with Gasteiger partial charge in [-0.05, 0) is 40.7 Å². The second-order valence-corrected chi connectivity index (χ2v) is 8.37. The molecule has 3 rings (SSSR count). The van der Waals surface area contributed by atoms with E-state index in [4.69, 9.17) is 0 Å². The van der Waals surface area contributed by atoms with Crippen molar-refractivity contribution in [3.05, 3.63) is 71.0 Å². The lowest BCUT2D eigenvalue weighted by Crippen LogP contribution is -2.55. The van der Waals surface area contributed by atoms with Gasteiger partial charge >= 0.3 is 6.03 Å². The first kappa shape index (κ1) is 20.8. The van der Waals surface area contributed by atoms with E-state index in [2.05, 4.69) is 55.7 Å². The van der Waals surface area contributed by atoms with E-state index < -0.39 is 6.04 Å². The largest absolute Gasteiger partial charge is 0.352 e. The molecule has 0 radical (unpaired) electrons. The van der Waals surface area contributed by atoms with Crippen LogP contribution < -0.4 is 10.6 Å². The van der Waals surface area contributed by atoms with Gasteiger partial charge in [0.1, 0.15) is 11.9 Å². The smallest absolute Gasteiger partial charge is 0.318 e. The quantitative estimate of drug-likeness (QED) is 0.829. The molecule has 1 atom stereocenters. The summed E-state index contributed by atoms with van der Waals surface area (Å²) in [6.45, 7) is 7.80. The first-order valence-electron chi connectivity index (χ1n) is 9.93. The monoisotopic (exact) mass is 397 g/mol. The first-order valence-corrected chi connectivity index (χ1v) is 9.93. The zero-order valence-electron chi connectivity index (χ0n) is 17.2. The molecule has 3 amide bonds.